The molecule has 0 amide bonds. The Hall–Kier alpha value is -0.610. The average molecular weight is 213 g/mol. The van der Waals surface area contributed by atoms with Crippen LogP contribution < -0.4 is 5.48 Å². The van der Waals surface area contributed by atoms with Crippen LogP contribution in [0.4, 0.5) is 0 Å². The molecule has 1 N–H and O–H groups in total. The lowest BCUT2D eigenvalue weighted by molar-refractivity contribution is -0.159. The monoisotopic (exact) mass is 213 g/mol. The van der Waals surface area contributed by atoms with Crippen LogP contribution >= 0.6 is 0 Å². The smallest absolute Gasteiger partial charge is 0.327 e. The third-order valence-electron chi connectivity index (χ3n) is 3.24. The molecule has 1 aliphatic heterocycles. The topological polar surface area (TPSA) is 47.6 Å². The minimum absolute atomic E-state index is 0.0704. The molecular weight excluding hydrogens is 194 g/mol. The third kappa shape index (κ3) is 3.18. The lowest BCUT2D eigenvalue weighted by Crippen LogP contribution is -2.37. The lowest BCUT2D eigenvalue weighted by Gasteiger charge is -2.22. The van der Waals surface area contributed by atoms with E-state index in [9.17, 15) is 4.79 Å². The van der Waals surface area contributed by atoms with E-state index in [1.54, 1.807) is 0 Å². The molecule has 86 valence electrons. The van der Waals surface area contributed by atoms with Crippen molar-refractivity contribution in [3.05, 3.63) is 0 Å². The van der Waals surface area contributed by atoms with Crippen LogP contribution in [-0.2, 0) is 14.4 Å². The molecule has 0 unspecified atom stereocenters. The second kappa shape index (κ2) is 5.47. The van der Waals surface area contributed by atoms with Crippen molar-refractivity contribution >= 4 is 5.97 Å². The highest BCUT2D eigenvalue weighted by Crippen LogP contribution is 2.25. The molecule has 2 aliphatic rings. The fourth-order valence-electron chi connectivity index (χ4n) is 2.20. The number of rotatable bonds is 3. The van der Waals surface area contributed by atoms with Crippen LogP contribution in [-0.4, -0.2) is 25.2 Å². The Morgan fingerprint density at radius 3 is 2.47 bits per heavy atom. The van der Waals surface area contributed by atoms with Gasteiger partial charge in [0.25, 0.3) is 0 Å². The van der Waals surface area contributed by atoms with Crippen LogP contribution in [0.2, 0.25) is 0 Å². The molecule has 1 saturated heterocycles. The maximum absolute atomic E-state index is 11.6. The SMILES string of the molecule is O=C(ONC1CCOCC1)C1CCCC1. The summed E-state index contributed by atoms with van der Waals surface area (Å²) < 4.78 is 5.23. The van der Waals surface area contributed by atoms with Gasteiger partial charge in [-0.05, 0) is 25.7 Å². The first-order chi connectivity index (χ1) is 7.36. The molecule has 0 bridgehead atoms. The number of ether oxygens (including phenoxy) is 1. The Bertz CT molecular complexity index is 208. The minimum Gasteiger partial charge on any atom is -0.381 e. The van der Waals surface area contributed by atoms with Crippen molar-refractivity contribution in [2.45, 2.75) is 44.6 Å². The number of carbonyl (C=O) groups excluding carboxylic acids is 1. The normalized spacial score (nSPS) is 24.3. The number of hydroxylamine groups is 1. The molecule has 0 aromatic carbocycles. The maximum atomic E-state index is 11.6. The predicted molar refractivity (Wildman–Crippen MR) is 55.0 cm³/mol. The summed E-state index contributed by atoms with van der Waals surface area (Å²) in [6.45, 7) is 1.53. The molecule has 2 rings (SSSR count). The summed E-state index contributed by atoms with van der Waals surface area (Å²) in [5, 5.41) is 0. The van der Waals surface area contributed by atoms with Gasteiger partial charge in [0.05, 0.1) is 5.92 Å². The van der Waals surface area contributed by atoms with Crippen LogP contribution in [0.5, 0.6) is 0 Å². The van der Waals surface area contributed by atoms with Crippen LogP contribution in [0, 0.1) is 5.92 Å². The molecule has 4 heteroatoms. The van der Waals surface area contributed by atoms with Gasteiger partial charge in [0.15, 0.2) is 0 Å². The largest absolute Gasteiger partial charge is 0.381 e. The van der Waals surface area contributed by atoms with Gasteiger partial charge >= 0.3 is 5.97 Å². The number of hydrogen-bond acceptors (Lipinski definition) is 4. The van der Waals surface area contributed by atoms with Gasteiger partial charge < -0.3 is 9.57 Å². The van der Waals surface area contributed by atoms with Crippen LogP contribution in [0.25, 0.3) is 0 Å². The molecule has 1 heterocycles. The molecule has 1 aliphatic carbocycles. The Kier molecular flexibility index (Phi) is 3.97. The van der Waals surface area contributed by atoms with Crippen LogP contribution in [0.3, 0.4) is 0 Å². The molecule has 1 saturated carbocycles. The Labute approximate surface area is 90.3 Å². The molecule has 15 heavy (non-hydrogen) atoms. The fourth-order valence-corrected chi connectivity index (χ4v) is 2.20. The summed E-state index contributed by atoms with van der Waals surface area (Å²) in [4.78, 5) is 16.7. The lowest BCUT2D eigenvalue weighted by atomic mass is 10.1. The Balaban J connectivity index is 1.65. The highest BCUT2D eigenvalue weighted by molar-refractivity contribution is 5.72. The summed E-state index contributed by atoms with van der Waals surface area (Å²) in [7, 11) is 0. The van der Waals surface area contributed by atoms with Gasteiger partial charge in [0.2, 0.25) is 0 Å². The summed E-state index contributed by atoms with van der Waals surface area (Å²) in [6.07, 6.45) is 6.17. The molecule has 0 aromatic heterocycles. The molecular formula is C11H19NO3. The van der Waals surface area contributed by atoms with Crippen molar-refractivity contribution in [2.24, 2.45) is 5.92 Å². The Morgan fingerprint density at radius 1 is 1.13 bits per heavy atom. The average Bonchev–Trinajstić information content (AvgIpc) is 2.81. The van der Waals surface area contributed by atoms with E-state index in [1.807, 2.05) is 0 Å². The standard InChI is InChI=1S/C11H19NO3/c13-11(9-3-1-2-4-9)15-12-10-5-7-14-8-6-10/h9-10,12H,1-8H2. The molecule has 0 radical (unpaired) electrons. The summed E-state index contributed by atoms with van der Waals surface area (Å²) in [6, 6.07) is 0.282. The second-order valence-corrected chi connectivity index (χ2v) is 4.41. The van der Waals surface area contributed by atoms with Gasteiger partial charge in [0.1, 0.15) is 0 Å². The van der Waals surface area contributed by atoms with Crippen LogP contribution in [0.1, 0.15) is 38.5 Å². The van der Waals surface area contributed by atoms with Crippen molar-refractivity contribution in [1.82, 2.24) is 5.48 Å². The number of nitrogens with one attached hydrogen (secondary N) is 1. The van der Waals surface area contributed by atoms with E-state index in [4.69, 9.17) is 9.57 Å². The van der Waals surface area contributed by atoms with E-state index < -0.39 is 0 Å². The molecule has 4 nitrogen and oxygen atoms in total. The Morgan fingerprint density at radius 2 is 1.80 bits per heavy atom. The van der Waals surface area contributed by atoms with Gasteiger partial charge in [0, 0.05) is 19.3 Å². The first-order valence-corrected chi connectivity index (χ1v) is 5.90. The zero-order chi connectivity index (χ0) is 10.5. The van der Waals surface area contributed by atoms with E-state index in [2.05, 4.69) is 5.48 Å². The first-order valence-electron chi connectivity index (χ1n) is 5.90. The first kappa shape index (κ1) is 10.9. The summed E-state index contributed by atoms with van der Waals surface area (Å²) >= 11 is 0. The maximum Gasteiger partial charge on any atom is 0.327 e. The highest BCUT2D eigenvalue weighted by Gasteiger charge is 2.25. The highest BCUT2D eigenvalue weighted by atomic mass is 16.7. The van der Waals surface area contributed by atoms with Crippen molar-refractivity contribution < 1.29 is 14.4 Å². The van der Waals surface area contributed by atoms with Crippen molar-refractivity contribution in [1.29, 1.82) is 0 Å². The predicted octanol–water partition coefficient (Wildman–Crippen LogP) is 1.40. The van der Waals surface area contributed by atoms with E-state index in [0.717, 1.165) is 51.7 Å². The van der Waals surface area contributed by atoms with E-state index in [0.29, 0.717) is 0 Å². The quantitative estimate of drug-likeness (QED) is 0.720. The van der Waals surface area contributed by atoms with Gasteiger partial charge in [-0.15, -0.1) is 5.48 Å². The van der Waals surface area contributed by atoms with E-state index >= 15 is 0 Å². The van der Waals surface area contributed by atoms with Gasteiger partial charge in [-0.2, -0.15) is 0 Å². The van der Waals surface area contributed by atoms with Crippen molar-refractivity contribution in [3.63, 3.8) is 0 Å². The molecule has 2 fully saturated rings. The summed E-state index contributed by atoms with van der Waals surface area (Å²) in [5.41, 5.74) is 2.87. The van der Waals surface area contributed by atoms with Gasteiger partial charge in [-0.1, -0.05) is 12.8 Å². The molecule has 0 aromatic rings. The summed E-state index contributed by atoms with van der Waals surface area (Å²) in [5.74, 6) is 0.0660. The minimum atomic E-state index is -0.0704. The van der Waals surface area contributed by atoms with Crippen LogP contribution in [0.15, 0.2) is 0 Å². The van der Waals surface area contributed by atoms with E-state index in [1.165, 1.54) is 0 Å². The molecule has 0 atom stereocenters. The van der Waals surface area contributed by atoms with Gasteiger partial charge in [-0.3, -0.25) is 4.79 Å². The zero-order valence-electron chi connectivity index (χ0n) is 9.04. The van der Waals surface area contributed by atoms with E-state index in [-0.39, 0.29) is 17.9 Å². The van der Waals surface area contributed by atoms with Gasteiger partial charge in [-0.25, -0.2) is 0 Å². The second-order valence-electron chi connectivity index (χ2n) is 4.41. The third-order valence-corrected chi connectivity index (χ3v) is 3.24. The van der Waals surface area contributed by atoms with Crippen molar-refractivity contribution in [2.75, 3.05) is 13.2 Å². The zero-order valence-corrected chi connectivity index (χ0v) is 9.04. The number of hydrogen-bond donors (Lipinski definition) is 1. The number of carbonyl (C=O) groups is 1. The fraction of sp³-hybridized carbons (Fsp3) is 0.909. The molecule has 0 spiro atoms. The van der Waals surface area contributed by atoms with Crippen molar-refractivity contribution in [3.8, 4) is 0 Å².